The van der Waals surface area contributed by atoms with Crippen molar-refractivity contribution in [3.63, 3.8) is 0 Å². The summed E-state index contributed by atoms with van der Waals surface area (Å²) in [6, 6.07) is -0.0703. The molecule has 0 aliphatic heterocycles. The lowest BCUT2D eigenvalue weighted by molar-refractivity contribution is -0.125. The Morgan fingerprint density at radius 1 is 1.41 bits per heavy atom. The number of hydrogen-bond donors (Lipinski definition) is 2. The normalized spacial score (nSPS) is 27.6. The molecule has 0 radical (unpaired) electrons. The predicted octanol–water partition coefficient (Wildman–Crippen LogP) is 2.44. The average molecular weight is 240 g/mol. The largest absolute Gasteiger partial charge is 0.352 e. The van der Waals surface area contributed by atoms with Gasteiger partial charge in [0.05, 0.1) is 6.04 Å². The molecule has 1 rings (SSSR count). The minimum atomic E-state index is -0.412. The highest BCUT2D eigenvalue weighted by atomic mass is 16.2. The Kier molecular flexibility index (Phi) is 4.99. The Morgan fingerprint density at radius 3 is 2.59 bits per heavy atom. The van der Waals surface area contributed by atoms with Crippen LogP contribution in [0.3, 0.4) is 0 Å². The van der Waals surface area contributed by atoms with Crippen molar-refractivity contribution in [3.8, 4) is 0 Å². The number of carbonyl (C=O) groups excluding carboxylic acids is 1. The molecule has 1 fully saturated rings. The van der Waals surface area contributed by atoms with Gasteiger partial charge in [0, 0.05) is 6.04 Å². The maximum atomic E-state index is 12.0. The zero-order valence-corrected chi connectivity index (χ0v) is 11.8. The molecule has 0 spiro atoms. The van der Waals surface area contributed by atoms with Crippen LogP contribution in [0.15, 0.2) is 0 Å². The molecule has 1 aliphatic rings. The van der Waals surface area contributed by atoms with Crippen molar-refractivity contribution in [2.75, 3.05) is 0 Å². The third-order valence-electron chi connectivity index (χ3n) is 3.92. The minimum Gasteiger partial charge on any atom is -0.352 e. The molecule has 0 aromatic rings. The van der Waals surface area contributed by atoms with Crippen LogP contribution in [0.5, 0.6) is 0 Å². The summed E-state index contributed by atoms with van der Waals surface area (Å²) in [5, 5.41) is 3.13. The molecule has 1 amide bonds. The van der Waals surface area contributed by atoms with Gasteiger partial charge in [-0.15, -0.1) is 0 Å². The second-order valence-corrected chi connectivity index (χ2v) is 6.49. The fourth-order valence-corrected chi connectivity index (χ4v) is 2.48. The Hall–Kier alpha value is -0.570. The Bertz CT molecular complexity index is 257. The molecular formula is C14H28N2O. The smallest absolute Gasteiger partial charge is 0.237 e. The third-order valence-corrected chi connectivity index (χ3v) is 3.92. The standard InChI is InChI=1S/C14H28N2O/c1-5-10-7-6-8-11(9-10)16-13(17)12(15)14(2,3)4/h10-12H,5-9,15H2,1-4H3,(H,16,17). The van der Waals surface area contributed by atoms with E-state index in [1.165, 1.54) is 19.3 Å². The van der Waals surface area contributed by atoms with Gasteiger partial charge in [-0.3, -0.25) is 4.79 Å². The quantitative estimate of drug-likeness (QED) is 0.796. The summed E-state index contributed by atoms with van der Waals surface area (Å²) >= 11 is 0. The van der Waals surface area contributed by atoms with E-state index in [2.05, 4.69) is 12.2 Å². The molecule has 0 heterocycles. The van der Waals surface area contributed by atoms with Crippen LogP contribution < -0.4 is 11.1 Å². The molecule has 100 valence electrons. The van der Waals surface area contributed by atoms with E-state index in [0.717, 1.165) is 18.8 Å². The van der Waals surface area contributed by atoms with E-state index in [1.54, 1.807) is 0 Å². The topological polar surface area (TPSA) is 55.1 Å². The van der Waals surface area contributed by atoms with Crippen molar-refractivity contribution < 1.29 is 4.79 Å². The van der Waals surface area contributed by atoms with Crippen LogP contribution in [0.1, 0.15) is 59.8 Å². The zero-order valence-electron chi connectivity index (χ0n) is 11.8. The molecule has 0 aromatic carbocycles. The van der Waals surface area contributed by atoms with Crippen molar-refractivity contribution in [1.82, 2.24) is 5.32 Å². The van der Waals surface area contributed by atoms with Gasteiger partial charge in [-0.05, 0) is 24.2 Å². The first-order chi connectivity index (χ1) is 7.84. The van der Waals surface area contributed by atoms with Gasteiger partial charge in [0.2, 0.25) is 5.91 Å². The maximum Gasteiger partial charge on any atom is 0.237 e. The van der Waals surface area contributed by atoms with Crippen molar-refractivity contribution >= 4 is 5.91 Å². The van der Waals surface area contributed by atoms with E-state index >= 15 is 0 Å². The molecule has 1 aliphatic carbocycles. The molecule has 0 saturated heterocycles. The van der Waals surface area contributed by atoms with Crippen molar-refractivity contribution in [2.45, 2.75) is 71.9 Å². The van der Waals surface area contributed by atoms with Gasteiger partial charge in [0.1, 0.15) is 0 Å². The van der Waals surface area contributed by atoms with E-state index in [-0.39, 0.29) is 11.3 Å². The second-order valence-electron chi connectivity index (χ2n) is 6.49. The molecule has 0 bridgehead atoms. The highest BCUT2D eigenvalue weighted by Gasteiger charge is 2.30. The molecule has 17 heavy (non-hydrogen) atoms. The van der Waals surface area contributed by atoms with Gasteiger partial charge >= 0.3 is 0 Å². The molecule has 3 heteroatoms. The van der Waals surface area contributed by atoms with Gasteiger partial charge < -0.3 is 11.1 Å². The lowest BCUT2D eigenvalue weighted by Gasteiger charge is -2.32. The van der Waals surface area contributed by atoms with Gasteiger partial charge in [-0.2, -0.15) is 0 Å². The van der Waals surface area contributed by atoms with Crippen LogP contribution in [0.2, 0.25) is 0 Å². The van der Waals surface area contributed by atoms with E-state index in [4.69, 9.17) is 5.73 Å². The Labute approximate surface area is 106 Å². The van der Waals surface area contributed by atoms with Crippen LogP contribution in [-0.2, 0) is 4.79 Å². The summed E-state index contributed by atoms with van der Waals surface area (Å²) < 4.78 is 0. The summed E-state index contributed by atoms with van der Waals surface area (Å²) in [6.45, 7) is 8.25. The van der Waals surface area contributed by atoms with Crippen LogP contribution in [-0.4, -0.2) is 18.0 Å². The fraction of sp³-hybridized carbons (Fsp3) is 0.929. The highest BCUT2D eigenvalue weighted by Crippen LogP contribution is 2.27. The van der Waals surface area contributed by atoms with Gasteiger partial charge in [0.25, 0.3) is 0 Å². The van der Waals surface area contributed by atoms with E-state index in [0.29, 0.717) is 6.04 Å². The maximum absolute atomic E-state index is 12.0. The van der Waals surface area contributed by atoms with Crippen LogP contribution in [0, 0.1) is 11.3 Å². The number of carbonyl (C=O) groups is 1. The van der Waals surface area contributed by atoms with Crippen LogP contribution in [0.25, 0.3) is 0 Å². The first kappa shape index (κ1) is 14.5. The number of hydrogen-bond acceptors (Lipinski definition) is 2. The predicted molar refractivity (Wildman–Crippen MR) is 71.6 cm³/mol. The average Bonchev–Trinajstić information content (AvgIpc) is 2.27. The summed E-state index contributed by atoms with van der Waals surface area (Å²) in [6.07, 6.45) is 6.00. The highest BCUT2D eigenvalue weighted by molar-refractivity contribution is 5.82. The SMILES string of the molecule is CCC1CCCC(NC(=O)C(N)C(C)(C)C)C1. The van der Waals surface area contributed by atoms with Crippen molar-refractivity contribution in [2.24, 2.45) is 17.1 Å². The number of rotatable bonds is 3. The molecule has 3 atom stereocenters. The molecule has 1 saturated carbocycles. The molecular weight excluding hydrogens is 212 g/mol. The number of nitrogens with two attached hydrogens (primary N) is 1. The molecule has 3 N–H and O–H groups in total. The number of nitrogens with one attached hydrogen (secondary N) is 1. The van der Waals surface area contributed by atoms with Gasteiger partial charge in [-0.1, -0.05) is 47.0 Å². The summed E-state index contributed by atoms with van der Waals surface area (Å²) in [5.41, 5.74) is 5.80. The minimum absolute atomic E-state index is 0.0132. The van der Waals surface area contributed by atoms with Gasteiger partial charge in [-0.25, -0.2) is 0 Å². The van der Waals surface area contributed by atoms with E-state index in [1.807, 2.05) is 20.8 Å². The lowest BCUT2D eigenvalue weighted by atomic mass is 9.83. The molecule has 0 aromatic heterocycles. The first-order valence-corrected chi connectivity index (χ1v) is 6.90. The summed E-state index contributed by atoms with van der Waals surface area (Å²) in [5.74, 6) is 0.791. The van der Waals surface area contributed by atoms with E-state index < -0.39 is 6.04 Å². The second kappa shape index (κ2) is 5.85. The third kappa shape index (κ3) is 4.30. The number of amides is 1. The van der Waals surface area contributed by atoms with Crippen molar-refractivity contribution in [1.29, 1.82) is 0 Å². The monoisotopic (exact) mass is 240 g/mol. The van der Waals surface area contributed by atoms with E-state index in [9.17, 15) is 4.79 Å². The Balaban J connectivity index is 2.46. The van der Waals surface area contributed by atoms with Crippen LogP contribution >= 0.6 is 0 Å². The lowest BCUT2D eigenvalue weighted by Crippen LogP contribution is -2.52. The summed E-state index contributed by atoms with van der Waals surface area (Å²) in [7, 11) is 0. The molecule has 3 nitrogen and oxygen atoms in total. The Morgan fingerprint density at radius 2 is 2.06 bits per heavy atom. The summed E-state index contributed by atoms with van der Waals surface area (Å²) in [4.78, 5) is 12.0. The van der Waals surface area contributed by atoms with Crippen LogP contribution in [0.4, 0.5) is 0 Å². The first-order valence-electron chi connectivity index (χ1n) is 6.90. The van der Waals surface area contributed by atoms with Crippen molar-refractivity contribution in [3.05, 3.63) is 0 Å². The van der Waals surface area contributed by atoms with Gasteiger partial charge in [0.15, 0.2) is 0 Å². The molecule has 3 unspecified atom stereocenters. The zero-order chi connectivity index (χ0) is 13.1. The fourth-order valence-electron chi connectivity index (χ4n) is 2.48.